The SMILES string of the molecule is CC(C)Oc1cccc(C=NNC(=O)C(NC(=O)c2cccc(Cl)c2)C(C)C)c1. The standard InChI is InChI=1S/C22H26ClN3O3/c1-14(2)20(25-21(27)17-8-6-9-18(23)12-17)22(28)26-24-13-16-7-5-10-19(11-16)29-15(3)4/h5-15,20H,1-4H3,(H,25,27)(H,26,28). The molecule has 2 N–H and O–H groups in total. The molecule has 2 rings (SSSR count). The summed E-state index contributed by atoms with van der Waals surface area (Å²) in [6.07, 6.45) is 1.60. The maximum Gasteiger partial charge on any atom is 0.262 e. The Morgan fingerprint density at radius 2 is 1.79 bits per heavy atom. The molecule has 2 aromatic rings. The van der Waals surface area contributed by atoms with E-state index in [-0.39, 0.29) is 17.9 Å². The van der Waals surface area contributed by atoms with E-state index in [0.29, 0.717) is 10.6 Å². The van der Waals surface area contributed by atoms with Crippen molar-refractivity contribution < 1.29 is 14.3 Å². The third-order valence-electron chi connectivity index (χ3n) is 3.94. The summed E-state index contributed by atoms with van der Waals surface area (Å²) in [5, 5.41) is 7.20. The number of ether oxygens (including phenoxy) is 1. The Morgan fingerprint density at radius 1 is 1.07 bits per heavy atom. The quantitative estimate of drug-likeness (QED) is 0.504. The fourth-order valence-corrected chi connectivity index (χ4v) is 2.76. The van der Waals surface area contributed by atoms with Gasteiger partial charge in [0.25, 0.3) is 11.8 Å². The molecule has 0 saturated carbocycles. The molecular formula is C22H26ClN3O3. The molecule has 0 spiro atoms. The lowest BCUT2D eigenvalue weighted by Crippen LogP contribution is -2.48. The normalized spacial score (nSPS) is 12.2. The zero-order valence-corrected chi connectivity index (χ0v) is 17.7. The van der Waals surface area contributed by atoms with Crippen molar-refractivity contribution in [3.63, 3.8) is 0 Å². The van der Waals surface area contributed by atoms with Crippen molar-refractivity contribution in [2.75, 3.05) is 0 Å². The van der Waals surface area contributed by atoms with Gasteiger partial charge in [0.1, 0.15) is 11.8 Å². The van der Waals surface area contributed by atoms with Crippen LogP contribution >= 0.6 is 11.6 Å². The monoisotopic (exact) mass is 415 g/mol. The molecule has 0 bridgehead atoms. The Morgan fingerprint density at radius 3 is 2.45 bits per heavy atom. The number of nitrogens with zero attached hydrogens (tertiary/aromatic N) is 1. The minimum absolute atomic E-state index is 0.0665. The van der Waals surface area contributed by atoms with Gasteiger partial charge in [-0.15, -0.1) is 0 Å². The molecule has 0 heterocycles. The van der Waals surface area contributed by atoms with Crippen LogP contribution in [0.15, 0.2) is 53.6 Å². The van der Waals surface area contributed by atoms with E-state index in [1.54, 1.807) is 24.3 Å². The van der Waals surface area contributed by atoms with Crippen molar-refractivity contribution in [1.29, 1.82) is 0 Å². The van der Waals surface area contributed by atoms with Crippen LogP contribution in [0.1, 0.15) is 43.6 Å². The topological polar surface area (TPSA) is 79.8 Å². The number of hydrogen-bond donors (Lipinski definition) is 2. The van der Waals surface area contributed by atoms with Gasteiger partial charge in [-0.1, -0.05) is 43.6 Å². The van der Waals surface area contributed by atoms with Crippen LogP contribution < -0.4 is 15.5 Å². The number of rotatable bonds is 8. The molecular weight excluding hydrogens is 390 g/mol. The maximum atomic E-state index is 12.5. The first-order valence-electron chi connectivity index (χ1n) is 9.42. The Balaban J connectivity index is 2.00. The Labute approximate surface area is 176 Å². The Hall–Kier alpha value is -2.86. The summed E-state index contributed by atoms with van der Waals surface area (Å²) < 4.78 is 5.64. The molecule has 6 nitrogen and oxygen atoms in total. The van der Waals surface area contributed by atoms with Crippen molar-refractivity contribution in [1.82, 2.24) is 10.7 Å². The molecule has 0 radical (unpaired) electrons. The van der Waals surface area contributed by atoms with Gasteiger partial charge in [0.15, 0.2) is 0 Å². The molecule has 29 heavy (non-hydrogen) atoms. The zero-order chi connectivity index (χ0) is 21.4. The van der Waals surface area contributed by atoms with Gasteiger partial charge < -0.3 is 10.1 Å². The molecule has 1 atom stereocenters. The van der Waals surface area contributed by atoms with E-state index in [4.69, 9.17) is 16.3 Å². The summed E-state index contributed by atoms with van der Waals surface area (Å²) in [4.78, 5) is 25.0. The van der Waals surface area contributed by atoms with E-state index >= 15 is 0 Å². The molecule has 1 unspecified atom stereocenters. The van der Waals surface area contributed by atoms with E-state index in [2.05, 4.69) is 15.8 Å². The van der Waals surface area contributed by atoms with E-state index in [9.17, 15) is 9.59 Å². The van der Waals surface area contributed by atoms with Gasteiger partial charge in [-0.25, -0.2) is 5.43 Å². The molecule has 0 fully saturated rings. The van der Waals surface area contributed by atoms with Gasteiger partial charge >= 0.3 is 0 Å². The fraction of sp³-hybridized carbons (Fsp3) is 0.318. The zero-order valence-electron chi connectivity index (χ0n) is 17.0. The summed E-state index contributed by atoms with van der Waals surface area (Å²) in [5.41, 5.74) is 3.66. The van der Waals surface area contributed by atoms with Gasteiger partial charge in [-0.2, -0.15) is 5.10 Å². The minimum Gasteiger partial charge on any atom is -0.491 e. The molecule has 0 saturated heterocycles. The number of carbonyl (C=O) groups excluding carboxylic acids is 2. The second-order valence-electron chi connectivity index (χ2n) is 7.18. The molecule has 154 valence electrons. The summed E-state index contributed by atoms with van der Waals surface area (Å²) >= 11 is 5.93. The second-order valence-corrected chi connectivity index (χ2v) is 7.62. The van der Waals surface area contributed by atoms with Crippen molar-refractivity contribution in [2.45, 2.75) is 39.8 Å². The number of amides is 2. The summed E-state index contributed by atoms with van der Waals surface area (Å²) in [7, 11) is 0. The predicted molar refractivity (Wildman–Crippen MR) is 115 cm³/mol. The van der Waals surface area contributed by atoms with Crippen LogP contribution in [-0.4, -0.2) is 30.2 Å². The Bertz CT molecular complexity index is 881. The summed E-state index contributed by atoms with van der Waals surface area (Å²) in [6, 6.07) is 13.2. The highest BCUT2D eigenvalue weighted by molar-refractivity contribution is 6.31. The van der Waals surface area contributed by atoms with Crippen LogP contribution in [0.25, 0.3) is 0 Å². The van der Waals surface area contributed by atoms with Gasteiger partial charge in [-0.3, -0.25) is 9.59 Å². The first-order valence-corrected chi connectivity index (χ1v) is 9.80. The lowest BCUT2D eigenvalue weighted by molar-refractivity contribution is -0.123. The highest BCUT2D eigenvalue weighted by atomic mass is 35.5. The van der Waals surface area contributed by atoms with Gasteiger partial charge in [0.05, 0.1) is 12.3 Å². The van der Waals surface area contributed by atoms with Crippen LogP contribution in [0, 0.1) is 5.92 Å². The summed E-state index contributed by atoms with van der Waals surface area (Å²) in [6.45, 7) is 7.59. The highest BCUT2D eigenvalue weighted by Gasteiger charge is 2.24. The second kappa shape index (κ2) is 10.6. The molecule has 0 aliphatic rings. The smallest absolute Gasteiger partial charge is 0.262 e. The minimum atomic E-state index is -0.741. The fourth-order valence-electron chi connectivity index (χ4n) is 2.57. The van der Waals surface area contributed by atoms with Crippen LogP contribution in [0.5, 0.6) is 5.75 Å². The average molecular weight is 416 g/mol. The molecule has 2 amide bonds. The third kappa shape index (κ3) is 7.23. The molecule has 0 aliphatic carbocycles. The summed E-state index contributed by atoms with van der Waals surface area (Å²) in [5.74, 6) is -0.176. The van der Waals surface area contributed by atoms with E-state index in [1.165, 1.54) is 6.21 Å². The number of halogens is 1. The van der Waals surface area contributed by atoms with Gasteiger partial charge in [0.2, 0.25) is 0 Å². The van der Waals surface area contributed by atoms with Gasteiger partial charge in [0, 0.05) is 10.6 Å². The largest absolute Gasteiger partial charge is 0.491 e. The predicted octanol–water partition coefficient (Wildman–Crippen LogP) is 4.03. The maximum absolute atomic E-state index is 12.5. The number of nitrogens with one attached hydrogen (secondary N) is 2. The van der Waals surface area contributed by atoms with Gasteiger partial charge in [-0.05, 0) is 55.7 Å². The number of carbonyl (C=O) groups is 2. The Kier molecular flexibility index (Phi) is 8.21. The van der Waals surface area contributed by atoms with Crippen LogP contribution in [0.2, 0.25) is 5.02 Å². The number of hydrogen-bond acceptors (Lipinski definition) is 4. The highest BCUT2D eigenvalue weighted by Crippen LogP contribution is 2.14. The van der Waals surface area contributed by atoms with E-state index < -0.39 is 11.9 Å². The lowest BCUT2D eigenvalue weighted by atomic mass is 10.0. The molecule has 0 aromatic heterocycles. The number of benzene rings is 2. The van der Waals surface area contributed by atoms with Crippen LogP contribution in [0.4, 0.5) is 0 Å². The van der Waals surface area contributed by atoms with E-state index in [1.807, 2.05) is 52.0 Å². The van der Waals surface area contributed by atoms with Crippen molar-refractivity contribution in [3.8, 4) is 5.75 Å². The van der Waals surface area contributed by atoms with E-state index in [0.717, 1.165) is 11.3 Å². The molecule has 2 aromatic carbocycles. The third-order valence-corrected chi connectivity index (χ3v) is 4.18. The average Bonchev–Trinajstić information content (AvgIpc) is 2.65. The first kappa shape index (κ1) is 22.4. The van der Waals surface area contributed by atoms with Crippen LogP contribution in [0.3, 0.4) is 0 Å². The molecule has 7 heteroatoms. The lowest BCUT2D eigenvalue weighted by Gasteiger charge is -2.20. The number of hydrazone groups is 1. The van der Waals surface area contributed by atoms with Crippen molar-refractivity contribution in [3.05, 3.63) is 64.7 Å². The van der Waals surface area contributed by atoms with Crippen molar-refractivity contribution >= 4 is 29.6 Å². The molecule has 0 aliphatic heterocycles. The van der Waals surface area contributed by atoms with Crippen molar-refractivity contribution in [2.24, 2.45) is 11.0 Å². The first-order chi connectivity index (χ1) is 13.8. The van der Waals surface area contributed by atoms with Crippen LogP contribution in [-0.2, 0) is 4.79 Å².